The first-order chi connectivity index (χ1) is 21.6. The van der Waals surface area contributed by atoms with Gasteiger partial charge >= 0.3 is 10.2 Å². The zero-order chi connectivity index (χ0) is 32.1. The van der Waals surface area contributed by atoms with Crippen molar-refractivity contribution in [2.45, 2.75) is 26.3 Å². The maximum absolute atomic E-state index is 13.0. The van der Waals surface area contributed by atoms with Crippen molar-refractivity contribution < 1.29 is 22.7 Å². The highest BCUT2D eigenvalue weighted by atomic mass is 32.2. The summed E-state index contributed by atoms with van der Waals surface area (Å²) in [5.41, 5.74) is 4.16. The molecule has 1 amide bonds. The number of aromatic nitrogens is 5. The molecule has 0 aliphatic carbocycles. The highest BCUT2D eigenvalue weighted by Gasteiger charge is 2.18. The number of hydrogen-bond acceptors (Lipinski definition) is 9. The third-order valence-corrected chi connectivity index (χ3v) is 8.47. The van der Waals surface area contributed by atoms with Gasteiger partial charge in [0.1, 0.15) is 17.3 Å². The Kier molecular flexibility index (Phi) is 9.25. The lowest BCUT2D eigenvalue weighted by Crippen LogP contribution is -2.39. The number of rotatable bonds is 12. The van der Waals surface area contributed by atoms with E-state index in [1.54, 1.807) is 11.8 Å². The van der Waals surface area contributed by atoms with Crippen molar-refractivity contribution in [1.29, 1.82) is 0 Å². The van der Waals surface area contributed by atoms with Gasteiger partial charge in [0.05, 0.1) is 25.8 Å². The molecule has 0 spiro atoms. The number of amides is 1. The Hall–Kier alpha value is -5.08. The number of methoxy groups -OCH3 is 1. The van der Waals surface area contributed by atoms with Crippen LogP contribution >= 0.6 is 0 Å². The highest BCUT2D eigenvalue weighted by Crippen LogP contribution is 2.33. The van der Waals surface area contributed by atoms with Gasteiger partial charge in [0.15, 0.2) is 11.2 Å². The fraction of sp³-hybridized carbons (Fsp3) is 0.258. The van der Waals surface area contributed by atoms with Crippen molar-refractivity contribution in [3.63, 3.8) is 0 Å². The van der Waals surface area contributed by atoms with E-state index in [0.29, 0.717) is 42.4 Å². The second kappa shape index (κ2) is 13.3. The van der Waals surface area contributed by atoms with Gasteiger partial charge in [-0.25, -0.2) is 14.4 Å². The number of carbonyl (C=O) groups excluding carboxylic acids is 1. The maximum Gasteiger partial charge on any atom is 0.303 e. The van der Waals surface area contributed by atoms with Crippen LogP contribution in [0, 0.1) is 0 Å². The van der Waals surface area contributed by atoms with Gasteiger partial charge in [-0.05, 0) is 59.9 Å². The fourth-order valence-electron chi connectivity index (χ4n) is 4.63. The number of hydrogen-bond donors (Lipinski definition) is 2. The van der Waals surface area contributed by atoms with Crippen LogP contribution in [0.5, 0.6) is 11.5 Å². The normalized spacial score (nSPS) is 11.6. The first-order valence-electron chi connectivity index (χ1n) is 14.1. The summed E-state index contributed by atoms with van der Waals surface area (Å²) < 4.78 is 39.6. The Bertz CT molecular complexity index is 2000. The molecule has 0 saturated carbocycles. The van der Waals surface area contributed by atoms with Crippen molar-refractivity contribution in [3.8, 4) is 34.0 Å². The minimum atomic E-state index is -3.84. The highest BCUT2D eigenvalue weighted by molar-refractivity contribution is 7.87. The molecule has 2 heterocycles. The summed E-state index contributed by atoms with van der Waals surface area (Å²) in [6.07, 6.45) is 0.355. The average Bonchev–Trinajstić information content (AvgIpc) is 3.43. The first kappa shape index (κ1) is 31.3. The molecule has 13 nitrogen and oxygen atoms in total. The van der Waals surface area contributed by atoms with Crippen molar-refractivity contribution in [3.05, 3.63) is 88.2 Å². The number of aromatic amines is 1. The Labute approximate surface area is 260 Å². The maximum atomic E-state index is 13.0. The Morgan fingerprint density at radius 2 is 1.78 bits per heavy atom. The molecule has 14 heteroatoms. The molecular weight excluding hydrogens is 598 g/mol. The van der Waals surface area contributed by atoms with Gasteiger partial charge < -0.3 is 14.5 Å². The topological polar surface area (TPSA) is 161 Å². The summed E-state index contributed by atoms with van der Waals surface area (Å²) in [6.45, 7) is 2.60. The van der Waals surface area contributed by atoms with Crippen molar-refractivity contribution in [1.82, 2.24) is 34.0 Å². The first-order valence-corrected chi connectivity index (χ1v) is 15.6. The van der Waals surface area contributed by atoms with Gasteiger partial charge in [-0.15, -0.1) is 5.10 Å². The van der Waals surface area contributed by atoms with E-state index in [4.69, 9.17) is 14.5 Å². The van der Waals surface area contributed by atoms with Crippen LogP contribution in [0.1, 0.15) is 24.5 Å². The number of nitrogens with zero attached hydrogens (tertiary/aromatic N) is 5. The molecule has 234 valence electrons. The summed E-state index contributed by atoms with van der Waals surface area (Å²) in [5, 5.41) is 8.21. The summed E-state index contributed by atoms with van der Waals surface area (Å²) >= 11 is 0. The van der Waals surface area contributed by atoms with Crippen LogP contribution in [0.4, 0.5) is 0 Å². The molecule has 2 N–H and O–H groups in total. The van der Waals surface area contributed by atoms with Crippen LogP contribution < -0.4 is 19.8 Å². The summed E-state index contributed by atoms with van der Waals surface area (Å²) in [4.78, 5) is 32.8. The molecule has 0 aliphatic heterocycles. The van der Waals surface area contributed by atoms with Gasteiger partial charge in [0, 0.05) is 20.5 Å². The molecule has 3 aromatic carbocycles. The van der Waals surface area contributed by atoms with Crippen LogP contribution in [0.25, 0.3) is 33.7 Å². The summed E-state index contributed by atoms with van der Waals surface area (Å²) in [7, 11) is 0.463. The predicted octanol–water partition coefficient (Wildman–Crippen LogP) is 3.16. The number of H-pyrrole nitrogens is 1. The predicted molar refractivity (Wildman–Crippen MR) is 169 cm³/mol. The van der Waals surface area contributed by atoms with Gasteiger partial charge in [-0.1, -0.05) is 47.7 Å². The molecular formula is C31H33N7O6S. The smallest absolute Gasteiger partial charge is 0.303 e. The number of nitrogens with one attached hydrogen (secondary N) is 2. The minimum absolute atomic E-state index is 0.00503. The molecule has 5 rings (SSSR count). The molecule has 0 fully saturated rings. The zero-order valence-electron chi connectivity index (χ0n) is 25.3. The van der Waals surface area contributed by atoms with Crippen LogP contribution in [-0.4, -0.2) is 71.4 Å². The number of aryl methyl sites for hydroxylation is 1. The molecule has 0 saturated heterocycles. The number of benzene rings is 3. The monoisotopic (exact) mass is 631 g/mol. The Morgan fingerprint density at radius 3 is 2.49 bits per heavy atom. The molecule has 2 aromatic heterocycles. The number of fused-ring (bicyclic) bond motifs is 1. The van der Waals surface area contributed by atoms with Crippen molar-refractivity contribution >= 4 is 27.3 Å². The van der Waals surface area contributed by atoms with Crippen molar-refractivity contribution in [2.24, 2.45) is 0 Å². The molecule has 0 bridgehead atoms. The second-order valence-corrected chi connectivity index (χ2v) is 12.2. The van der Waals surface area contributed by atoms with Crippen LogP contribution in [-0.2, 0) is 28.0 Å². The SMILES string of the molecule is CCOc1cc(-c2cccc(CCC(=O)NS(=O)(=O)N(C)C)c2)ccc1-c1nc2c(nnn2Cc2ccc(OC)cc2)c(=O)[nH]1. The molecule has 0 aliphatic rings. The van der Waals surface area contributed by atoms with E-state index in [1.807, 2.05) is 78.4 Å². The van der Waals surface area contributed by atoms with E-state index in [0.717, 1.165) is 32.3 Å². The van der Waals surface area contributed by atoms with E-state index in [1.165, 1.54) is 14.1 Å². The Morgan fingerprint density at radius 1 is 1.02 bits per heavy atom. The van der Waals surface area contributed by atoms with E-state index >= 15 is 0 Å². The van der Waals surface area contributed by atoms with E-state index in [-0.39, 0.29) is 11.9 Å². The quantitative estimate of drug-likeness (QED) is 0.211. The number of ether oxygens (including phenoxy) is 2. The second-order valence-electron chi connectivity index (χ2n) is 10.3. The van der Waals surface area contributed by atoms with Crippen molar-refractivity contribution in [2.75, 3.05) is 27.8 Å². The fourth-order valence-corrected chi connectivity index (χ4v) is 5.20. The van der Waals surface area contributed by atoms with Crippen LogP contribution in [0.2, 0.25) is 0 Å². The zero-order valence-corrected chi connectivity index (χ0v) is 26.1. The summed E-state index contributed by atoms with van der Waals surface area (Å²) in [6, 6.07) is 20.7. The van der Waals surface area contributed by atoms with Gasteiger partial charge in [-0.2, -0.15) is 12.7 Å². The average molecular weight is 632 g/mol. The van der Waals surface area contributed by atoms with Gasteiger partial charge in [0.25, 0.3) is 5.56 Å². The Balaban J connectivity index is 1.41. The van der Waals surface area contributed by atoms with E-state index in [9.17, 15) is 18.0 Å². The molecule has 45 heavy (non-hydrogen) atoms. The lowest BCUT2D eigenvalue weighted by Gasteiger charge is -2.13. The third-order valence-electron chi connectivity index (χ3n) is 7.03. The van der Waals surface area contributed by atoms with E-state index < -0.39 is 21.7 Å². The molecule has 5 aromatic rings. The lowest BCUT2D eigenvalue weighted by atomic mass is 9.99. The minimum Gasteiger partial charge on any atom is -0.497 e. The molecule has 0 unspecified atom stereocenters. The molecule has 0 radical (unpaired) electrons. The summed E-state index contributed by atoms with van der Waals surface area (Å²) in [5.74, 6) is 0.980. The van der Waals surface area contributed by atoms with Gasteiger partial charge in [-0.3, -0.25) is 9.59 Å². The lowest BCUT2D eigenvalue weighted by molar-refractivity contribution is -0.119. The third kappa shape index (κ3) is 7.19. The largest absolute Gasteiger partial charge is 0.497 e. The van der Waals surface area contributed by atoms with E-state index in [2.05, 4.69) is 15.3 Å². The van der Waals surface area contributed by atoms with Gasteiger partial charge in [0.2, 0.25) is 5.91 Å². The van der Waals surface area contributed by atoms with Crippen LogP contribution in [0.3, 0.4) is 0 Å². The standard InChI is InChI=1S/C31H33N7O6S/c1-5-44-26-18-23(22-8-6-7-20(17-22)11-16-27(39)35-45(41,42)37(2)3)12-15-25(26)29-32-30-28(31(40)33-29)34-36-38(30)19-21-9-13-24(43-4)14-10-21/h6-10,12-15,17-18H,5,11,16,19H2,1-4H3,(H,35,39)(H,32,33,40). The number of carbonyl (C=O) groups is 1. The van der Waals surface area contributed by atoms with Crippen LogP contribution in [0.15, 0.2) is 71.5 Å². The molecule has 0 atom stereocenters.